The molecule has 0 aliphatic heterocycles. The second-order valence-corrected chi connectivity index (χ2v) is 5.06. The summed E-state index contributed by atoms with van der Waals surface area (Å²) in [6.07, 6.45) is 0. The molecule has 0 spiro atoms. The summed E-state index contributed by atoms with van der Waals surface area (Å²) in [6, 6.07) is 7.69. The number of hydrogen-bond donors (Lipinski definition) is 1. The van der Waals surface area contributed by atoms with Gasteiger partial charge in [-0.15, -0.1) is 11.8 Å². The first-order chi connectivity index (χ1) is 7.24. The lowest BCUT2D eigenvalue weighted by Gasteiger charge is -1.98. The van der Waals surface area contributed by atoms with Crippen LogP contribution in [-0.2, 0) is 5.75 Å². The van der Waals surface area contributed by atoms with Gasteiger partial charge in [0, 0.05) is 21.5 Å². The minimum Gasteiger partial charge on any atom is -0.374 e. The fourth-order valence-corrected chi connectivity index (χ4v) is 2.42. The maximum Gasteiger partial charge on any atom is 0.199 e. The molecule has 0 saturated carbocycles. The number of nitrogens with two attached hydrogens (primary N) is 1. The first-order valence-electron chi connectivity index (χ1n) is 4.20. The average Bonchev–Trinajstić information content (AvgIpc) is 2.64. The molecule has 0 fully saturated rings. The van der Waals surface area contributed by atoms with Crippen LogP contribution in [0.5, 0.6) is 0 Å². The number of aromatic nitrogens is 2. The van der Waals surface area contributed by atoms with E-state index in [0.717, 1.165) is 21.5 Å². The van der Waals surface area contributed by atoms with Crippen molar-refractivity contribution < 1.29 is 0 Å². The number of nitrogen functional groups attached to an aromatic ring is 1. The maximum atomic E-state index is 5.78. The van der Waals surface area contributed by atoms with Gasteiger partial charge in [0.15, 0.2) is 11.0 Å². The van der Waals surface area contributed by atoms with Gasteiger partial charge in [-0.2, -0.15) is 4.37 Å². The monoisotopic (exact) mass is 257 g/mol. The van der Waals surface area contributed by atoms with Crippen LogP contribution >= 0.6 is 34.9 Å². The molecule has 0 aliphatic rings. The van der Waals surface area contributed by atoms with Crippen LogP contribution in [-0.4, -0.2) is 9.36 Å². The molecule has 0 unspecified atom stereocenters. The van der Waals surface area contributed by atoms with E-state index in [1.165, 1.54) is 11.5 Å². The van der Waals surface area contributed by atoms with Gasteiger partial charge in [0.25, 0.3) is 0 Å². The molecule has 1 aromatic carbocycles. The van der Waals surface area contributed by atoms with Crippen molar-refractivity contribution in [2.24, 2.45) is 0 Å². The number of thioether (sulfide) groups is 1. The topological polar surface area (TPSA) is 51.8 Å². The Labute approximate surface area is 101 Å². The molecule has 78 valence electrons. The molecule has 2 aromatic rings. The summed E-state index contributed by atoms with van der Waals surface area (Å²) >= 11 is 8.67. The van der Waals surface area contributed by atoms with E-state index in [4.69, 9.17) is 17.3 Å². The molecule has 15 heavy (non-hydrogen) atoms. The van der Waals surface area contributed by atoms with Crippen LogP contribution in [0, 0.1) is 0 Å². The Kier molecular flexibility index (Phi) is 3.45. The Morgan fingerprint density at radius 1 is 1.33 bits per heavy atom. The van der Waals surface area contributed by atoms with Crippen molar-refractivity contribution in [2.45, 2.75) is 10.6 Å². The number of rotatable bonds is 3. The zero-order chi connectivity index (χ0) is 10.7. The van der Waals surface area contributed by atoms with E-state index in [9.17, 15) is 0 Å². The lowest BCUT2D eigenvalue weighted by Crippen LogP contribution is -1.86. The Morgan fingerprint density at radius 2 is 2.07 bits per heavy atom. The zero-order valence-electron chi connectivity index (χ0n) is 7.68. The lowest BCUT2D eigenvalue weighted by molar-refractivity contribution is 1.14. The minimum absolute atomic E-state index is 0.515. The van der Waals surface area contributed by atoms with Crippen LogP contribution in [0.3, 0.4) is 0 Å². The molecule has 0 radical (unpaired) electrons. The third kappa shape index (κ3) is 3.09. The predicted molar refractivity (Wildman–Crippen MR) is 65.3 cm³/mol. The van der Waals surface area contributed by atoms with E-state index < -0.39 is 0 Å². The van der Waals surface area contributed by atoms with Gasteiger partial charge in [0.2, 0.25) is 0 Å². The van der Waals surface area contributed by atoms with E-state index in [1.807, 2.05) is 24.3 Å². The van der Waals surface area contributed by atoms with Crippen LogP contribution in [0.1, 0.15) is 5.82 Å². The van der Waals surface area contributed by atoms with Crippen LogP contribution < -0.4 is 5.73 Å². The minimum atomic E-state index is 0.515. The van der Waals surface area contributed by atoms with E-state index in [1.54, 1.807) is 11.8 Å². The number of halogens is 1. The Bertz CT molecular complexity index is 441. The van der Waals surface area contributed by atoms with Crippen molar-refractivity contribution in [2.75, 3.05) is 5.73 Å². The van der Waals surface area contributed by atoms with E-state index in [-0.39, 0.29) is 0 Å². The largest absolute Gasteiger partial charge is 0.374 e. The van der Waals surface area contributed by atoms with Crippen LogP contribution in [0.2, 0.25) is 5.02 Å². The number of nitrogens with zero attached hydrogens (tertiary/aromatic N) is 2. The van der Waals surface area contributed by atoms with E-state index in [0.29, 0.717) is 5.13 Å². The molecule has 2 rings (SSSR count). The standard InChI is InChI=1S/C9H8ClN3S2/c10-6-1-3-7(4-2-6)14-5-8-12-9(11)15-13-8/h1-4H,5H2,(H2,11,12,13). The number of hydrogen-bond acceptors (Lipinski definition) is 5. The van der Waals surface area contributed by atoms with Gasteiger partial charge in [-0.3, -0.25) is 0 Å². The number of benzene rings is 1. The molecule has 0 amide bonds. The average molecular weight is 258 g/mol. The third-order valence-corrected chi connectivity index (χ3v) is 3.51. The fraction of sp³-hybridized carbons (Fsp3) is 0.111. The highest BCUT2D eigenvalue weighted by Crippen LogP contribution is 2.23. The van der Waals surface area contributed by atoms with E-state index in [2.05, 4.69) is 9.36 Å². The number of anilines is 1. The van der Waals surface area contributed by atoms with Gasteiger partial charge < -0.3 is 5.73 Å². The molecular weight excluding hydrogens is 250 g/mol. The summed E-state index contributed by atoms with van der Waals surface area (Å²) in [7, 11) is 0. The van der Waals surface area contributed by atoms with Crippen molar-refractivity contribution in [3.8, 4) is 0 Å². The van der Waals surface area contributed by atoms with Crippen molar-refractivity contribution in [3.05, 3.63) is 35.1 Å². The Balaban J connectivity index is 1.96. The van der Waals surface area contributed by atoms with Crippen molar-refractivity contribution in [3.63, 3.8) is 0 Å². The summed E-state index contributed by atoms with van der Waals surface area (Å²) in [5.74, 6) is 1.51. The molecular formula is C9H8ClN3S2. The fourth-order valence-electron chi connectivity index (χ4n) is 1.00. The molecule has 0 bridgehead atoms. The van der Waals surface area contributed by atoms with Gasteiger partial charge >= 0.3 is 0 Å². The lowest BCUT2D eigenvalue weighted by atomic mass is 10.4. The first kappa shape index (κ1) is 10.7. The SMILES string of the molecule is Nc1nc(CSc2ccc(Cl)cc2)ns1. The molecule has 3 nitrogen and oxygen atoms in total. The predicted octanol–water partition coefficient (Wildman–Crippen LogP) is 3.07. The van der Waals surface area contributed by atoms with Gasteiger partial charge in [0.1, 0.15) is 0 Å². The summed E-state index contributed by atoms with van der Waals surface area (Å²) < 4.78 is 4.11. The Hall–Kier alpha value is -0.780. The van der Waals surface area contributed by atoms with Gasteiger partial charge in [-0.05, 0) is 24.3 Å². The van der Waals surface area contributed by atoms with Gasteiger partial charge in [-0.1, -0.05) is 11.6 Å². The molecule has 6 heteroatoms. The second kappa shape index (κ2) is 4.83. The molecule has 0 aliphatic carbocycles. The van der Waals surface area contributed by atoms with E-state index >= 15 is 0 Å². The van der Waals surface area contributed by atoms with Crippen LogP contribution in [0.15, 0.2) is 29.2 Å². The third-order valence-electron chi connectivity index (χ3n) is 1.67. The zero-order valence-corrected chi connectivity index (χ0v) is 10.1. The quantitative estimate of drug-likeness (QED) is 0.859. The summed E-state index contributed by atoms with van der Waals surface area (Å²) in [5.41, 5.74) is 5.49. The molecule has 2 N–H and O–H groups in total. The van der Waals surface area contributed by atoms with Gasteiger partial charge in [0.05, 0.1) is 5.75 Å². The first-order valence-corrected chi connectivity index (χ1v) is 6.34. The summed E-state index contributed by atoms with van der Waals surface area (Å²) in [5, 5.41) is 1.26. The second-order valence-electron chi connectivity index (χ2n) is 2.79. The van der Waals surface area contributed by atoms with Crippen LogP contribution in [0.4, 0.5) is 5.13 Å². The molecule has 1 heterocycles. The summed E-state index contributed by atoms with van der Waals surface area (Å²) in [4.78, 5) is 5.23. The maximum absolute atomic E-state index is 5.78. The highest BCUT2D eigenvalue weighted by atomic mass is 35.5. The van der Waals surface area contributed by atoms with Crippen molar-refractivity contribution in [1.29, 1.82) is 0 Å². The highest BCUT2D eigenvalue weighted by molar-refractivity contribution is 7.98. The molecule has 1 aromatic heterocycles. The Morgan fingerprint density at radius 3 is 2.67 bits per heavy atom. The smallest absolute Gasteiger partial charge is 0.199 e. The van der Waals surface area contributed by atoms with Crippen molar-refractivity contribution >= 4 is 40.0 Å². The molecule has 0 atom stereocenters. The van der Waals surface area contributed by atoms with Gasteiger partial charge in [-0.25, -0.2) is 4.98 Å². The normalized spacial score (nSPS) is 10.5. The summed E-state index contributed by atoms with van der Waals surface area (Å²) in [6.45, 7) is 0. The molecule has 0 saturated heterocycles. The van der Waals surface area contributed by atoms with Crippen molar-refractivity contribution in [1.82, 2.24) is 9.36 Å². The van der Waals surface area contributed by atoms with Crippen LogP contribution in [0.25, 0.3) is 0 Å². The highest BCUT2D eigenvalue weighted by Gasteiger charge is 2.01.